The molecule has 2 atom stereocenters. The van der Waals surface area contributed by atoms with Crippen LogP contribution in [0.5, 0.6) is 0 Å². The van der Waals surface area contributed by atoms with Gasteiger partial charge in [0.2, 0.25) is 0 Å². The molecule has 0 aliphatic heterocycles. The molecule has 1 aliphatic carbocycles. The topological polar surface area (TPSA) is 20.2 Å². The zero-order valence-corrected chi connectivity index (χ0v) is 8.92. The molecule has 0 fully saturated rings. The van der Waals surface area contributed by atoms with Gasteiger partial charge in [-0.15, -0.1) is 0 Å². The van der Waals surface area contributed by atoms with Crippen LogP contribution >= 0.6 is 0 Å². The van der Waals surface area contributed by atoms with Gasteiger partial charge < -0.3 is 5.11 Å². The molecule has 0 amide bonds. The summed E-state index contributed by atoms with van der Waals surface area (Å²) in [6.45, 7) is 4.38. The Bertz CT molecular complexity index is 172. The highest BCUT2D eigenvalue weighted by atomic mass is 16.3. The first-order valence-corrected chi connectivity index (χ1v) is 5.66. The third-order valence-corrected chi connectivity index (χ3v) is 2.97. The number of rotatable bonds is 4. The molecule has 1 aliphatic rings. The number of hydrogen-bond acceptors (Lipinski definition) is 1. The van der Waals surface area contributed by atoms with Crippen molar-refractivity contribution >= 4 is 0 Å². The molecular formula is C12H22O. The van der Waals surface area contributed by atoms with Crippen molar-refractivity contribution in [3.8, 4) is 0 Å². The maximum absolute atomic E-state index is 10.0. The molecule has 0 heterocycles. The van der Waals surface area contributed by atoms with Gasteiger partial charge in [-0.2, -0.15) is 0 Å². The van der Waals surface area contributed by atoms with Crippen LogP contribution < -0.4 is 0 Å². The predicted octanol–water partition coefficient (Wildman–Crippen LogP) is 3.28. The summed E-state index contributed by atoms with van der Waals surface area (Å²) in [5, 5.41) is 10.0. The van der Waals surface area contributed by atoms with Crippen molar-refractivity contribution in [1.82, 2.24) is 0 Å². The summed E-state index contributed by atoms with van der Waals surface area (Å²) in [6, 6.07) is 0. The van der Waals surface area contributed by atoms with E-state index in [1.165, 1.54) is 31.3 Å². The lowest BCUT2D eigenvalue weighted by molar-refractivity contribution is 0.118. The Kier molecular flexibility index (Phi) is 4.51. The van der Waals surface area contributed by atoms with Crippen molar-refractivity contribution in [3.05, 3.63) is 11.6 Å². The van der Waals surface area contributed by atoms with E-state index >= 15 is 0 Å². The van der Waals surface area contributed by atoms with Crippen molar-refractivity contribution in [2.24, 2.45) is 5.92 Å². The Hall–Kier alpha value is -0.300. The number of hydrogen-bond donors (Lipinski definition) is 1. The van der Waals surface area contributed by atoms with Gasteiger partial charge in [-0.3, -0.25) is 0 Å². The SMILES string of the molecule is CCCC1=CCCC(CCC)C1O. The van der Waals surface area contributed by atoms with Gasteiger partial charge in [0.15, 0.2) is 0 Å². The van der Waals surface area contributed by atoms with Gasteiger partial charge in [0, 0.05) is 0 Å². The fourth-order valence-electron chi connectivity index (χ4n) is 2.28. The first kappa shape index (κ1) is 10.8. The lowest BCUT2D eigenvalue weighted by Gasteiger charge is -2.28. The largest absolute Gasteiger partial charge is 0.388 e. The van der Waals surface area contributed by atoms with E-state index in [2.05, 4.69) is 19.9 Å². The second kappa shape index (κ2) is 5.43. The van der Waals surface area contributed by atoms with Crippen molar-refractivity contribution in [3.63, 3.8) is 0 Å². The Morgan fingerprint density at radius 2 is 2.15 bits per heavy atom. The number of aliphatic hydroxyl groups is 1. The van der Waals surface area contributed by atoms with Gasteiger partial charge in [-0.1, -0.05) is 32.8 Å². The van der Waals surface area contributed by atoms with Crippen molar-refractivity contribution in [2.45, 2.75) is 58.5 Å². The lowest BCUT2D eigenvalue weighted by Crippen LogP contribution is -2.25. The van der Waals surface area contributed by atoms with Crippen LogP contribution in [0.4, 0.5) is 0 Å². The average Bonchev–Trinajstić information content (AvgIpc) is 2.13. The van der Waals surface area contributed by atoms with E-state index in [-0.39, 0.29) is 6.10 Å². The highest BCUT2D eigenvalue weighted by Crippen LogP contribution is 2.30. The van der Waals surface area contributed by atoms with Gasteiger partial charge in [0.25, 0.3) is 0 Å². The van der Waals surface area contributed by atoms with Gasteiger partial charge >= 0.3 is 0 Å². The van der Waals surface area contributed by atoms with Crippen molar-refractivity contribution < 1.29 is 5.11 Å². The molecule has 0 aromatic carbocycles. The predicted molar refractivity (Wildman–Crippen MR) is 56.6 cm³/mol. The first-order valence-electron chi connectivity index (χ1n) is 5.66. The Morgan fingerprint density at radius 3 is 2.77 bits per heavy atom. The molecule has 0 aromatic heterocycles. The van der Waals surface area contributed by atoms with E-state index in [0.29, 0.717) is 5.92 Å². The van der Waals surface area contributed by atoms with Crippen LogP contribution in [-0.4, -0.2) is 11.2 Å². The normalized spacial score (nSPS) is 28.7. The number of allylic oxidation sites excluding steroid dienone is 1. The minimum atomic E-state index is -0.131. The van der Waals surface area contributed by atoms with E-state index in [4.69, 9.17) is 0 Å². The Labute approximate surface area is 81.9 Å². The smallest absolute Gasteiger partial charge is 0.0778 e. The molecule has 76 valence electrons. The summed E-state index contributed by atoms with van der Waals surface area (Å²) in [6.07, 6.45) is 9.10. The van der Waals surface area contributed by atoms with E-state index in [9.17, 15) is 5.11 Å². The molecule has 0 saturated carbocycles. The average molecular weight is 182 g/mol. The monoisotopic (exact) mass is 182 g/mol. The molecule has 1 N–H and O–H groups in total. The minimum Gasteiger partial charge on any atom is -0.388 e. The summed E-state index contributed by atoms with van der Waals surface area (Å²) >= 11 is 0. The Morgan fingerprint density at radius 1 is 1.38 bits per heavy atom. The summed E-state index contributed by atoms with van der Waals surface area (Å²) in [7, 11) is 0. The highest BCUT2D eigenvalue weighted by molar-refractivity contribution is 5.12. The Balaban J connectivity index is 2.51. The summed E-state index contributed by atoms with van der Waals surface area (Å²) < 4.78 is 0. The molecule has 1 rings (SSSR count). The maximum Gasteiger partial charge on any atom is 0.0778 e. The van der Waals surface area contributed by atoms with Crippen LogP contribution in [0.3, 0.4) is 0 Å². The lowest BCUT2D eigenvalue weighted by atomic mass is 9.82. The molecular weight excluding hydrogens is 160 g/mol. The van der Waals surface area contributed by atoms with Gasteiger partial charge in [0.05, 0.1) is 6.10 Å². The zero-order chi connectivity index (χ0) is 9.68. The van der Waals surface area contributed by atoms with E-state index < -0.39 is 0 Å². The number of aliphatic hydroxyl groups excluding tert-OH is 1. The highest BCUT2D eigenvalue weighted by Gasteiger charge is 2.24. The third-order valence-electron chi connectivity index (χ3n) is 2.97. The molecule has 0 aromatic rings. The van der Waals surface area contributed by atoms with E-state index in [1.807, 2.05) is 0 Å². The molecule has 0 saturated heterocycles. The van der Waals surface area contributed by atoms with Crippen LogP contribution in [0.1, 0.15) is 52.4 Å². The third kappa shape index (κ3) is 2.84. The van der Waals surface area contributed by atoms with Gasteiger partial charge in [0.1, 0.15) is 0 Å². The molecule has 0 spiro atoms. The minimum absolute atomic E-state index is 0.131. The molecule has 13 heavy (non-hydrogen) atoms. The second-order valence-electron chi connectivity index (χ2n) is 4.10. The second-order valence-corrected chi connectivity index (χ2v) is 4.10. The zero-order valence-electron chi connectivity index (χ0n) is 8.92. The summed E-state index contributed by atoms with van der Waals surface area (Å²) in [5.74, 6) is 0.538. The van der Waals surface area contributed by atoms with Crippen LogP contribution in [-0.2, 0) is 0 Å². The fraction of sp³-hybridized carbons (Fsp3) is 0.833. The van der Waals surface area contributed by atoms with Crippen LogP contribution in [0.25, 0.3) is 0 Å². The standard InChI is InChI=1S/C12H22O/c1-3-6-10-8-5-9-11(7-4-2)12(10)13/h8,11-13H,3-7,9H2,1-2H3. The van der Waals surface area contributed by atoms with Crippen molar-refractivity contribution in [2.75, 3.05) is 0 Å². The molecule has 2 unspecified atom stereocenters. The van der Waals surface area contributed by atoms with E-state index in [1.54, 1.807) is 0 Å². The van der Waals surface area contributed by atoms with Crippen LogP contribution in [0.2, 0.25) is 0 Å². The van der Waals surface area contributed by atoms with Gasteiger partial charge in [-0.05, 0) is 37.2 Å². The molecule has 0 radical (unpaired) electrons. The molecule has 0 bridgehead atoms. The first-order chi connectivity index (χ1) is 6.29. The van der Waals surface area contributed by atoms with Crippen LogP contribution in [0.15, 0.2) is 11.6 Å². The quantitative estimate of drug-likeness (QED) is 0.661. The maximum atomic E-state index is 10.0. The summed E-state index contributed by atoms with van der Waals surface area (Å²) in [5.41, 5.74) is 1.30. The van der Waals surface area contributed by atoms with Crippen LogP contribution in [0, 0.1) is 5.92 Å². The fourth-order valence-corrected chi connectivity index (χ4v) is 2.28. The summed E-state index contributed by atoms with van der Waals surface area (Å²) in [4.78, 5) is 0. The molecule has 1 heteroatoms. The van der Waals surface area contributed by atoms with Crippen molar-refractivity contribution in [1.29, 1.82) is 0 Å². The van der Waals surface area contributed by atoms with E-state index in [0.717, 1.165) is 12.8 Å². The molecule has 1 nitrogen and oxygen atoms in total. The van der Waals surface area contributed by atoms with Gasteiger partial charge in [-0.25, -0.2) is 0 Å².